The molecule has 0 aromatic heterocycles. The van der Waals surface area contributed by atoms with Crippen LogP contribution in [0.25, 0.3) is 66.1 Å². The molecule has 78 heavy (non-hydrogen) atoms. The van der Waals surface area contributed by atoms with Crippen LogP contribution in [-0.2, 0) is 55.3 Å². The van der Waals surface area contributed by atoms with E-state index in [0.29, 0.717) is 0 Å². The molecule has 2 aliphatic rings. The van der Waals surface area contributed by atoms with E-state index >= 15 is 0 Å². The fourth-order valence-electron chi connectivity index (χ4n) is 12.0. The average Bonchev–Trinajstić information content (AvgIpc) is 4.10. The van der Waals surface area contributed by atoms with Crippen molar-refractivity contribution >= 4 is 48.1 Å². The quantitative estimate of drug-likeness (QED) is 0.105. The standard InChI is InChI=1S/2C36H43.C2H6Si.2ClH.Zr/c2*1-35(2,3)29-16-12-27(13-17-29)31-20-21-32(28-14-18-30(19-15-28)36(4,5)6)34-24-26(23-33(31)34)22-25-10-8-7-9-11-25;1-3-2;;;/h2*12-21,23-25H,7-11,22H2,1-6H3;1-2H3;2*1H;/q2*-1;;;;+4/p-2. The van der Waals surface area contributed by atoms with Gasteiger partial charge in [0.1, 0.15) is 0 Å². The topological polar surface area (TPSA) is 0 Å². The van der Waals surface area contributed by atoms with Crippen molar-refractivity contribution in [1.82, 2.24) is 0 Å². The Morgan fingerprint density at radius 2 is 0.615 bits per heavy atom. The minimum absolute atomic E-state index is 0.171. The van der Waals surface area contributed by atoms with Crippen molar-refractivity contribution in [1.29, 1.82) is 0 Å². The van der Waals surface area contributed by atoms with Gasteiger partial charge in [-0.1, -0.05) is 315 Å². The van der Waals surface area contributed by atoms with Gasteiger partial charge in [-0.05, 0) is 79.7 Å². The molecule has 0 spiro atoms. The van der Waals surface area contributed by atoms with Gasteiger partial charge in [0.15, 0.2) is 0 Å². The maximum absolute atomic E-state index is 4.93. The summed E-state index contributed by atoms with van der Waals surface area (Å²) in [4.78, 5) is 0. The predicted octanol–water partition coefficient (Wildman–Crippen LogP) is 23.4. The summed E-state index contributed by atoms with van der Waals surface area (Å²) in [5.74, 6) is 1.69. The molecule has 0 atom stereocenters. The number of benzene rings is 6. The van der Waals surface area contributed by atoms with E-state index in [4.69, 9.17) is 17.0 Å². The number of halogens is 2. The van der Waals surface area contributed by atoms with Crippen LogP contribution in [0, 0.1) is 11.8 Å². The second kappa shape index (κ2) is 27.3. The van der Waals surface area contributed by atoms with Gasteiger partial charge in [-0.25, -0.2) is 0 Å². The minimum atomic E-state index is -0.826. The third-order valence-corrected chi connectivity index (χ3v) is 16.6. The first-order chi connectivity index (χ1) is 37.0. The van der Waals surface area contributed by atoms with Gasteiger partial charge in [0.25, 0.3) is 0 Å². The van der Waals surface area contributed by atoms with Crippen LogP contribution in [0.2, 0.25) is 13.1 Å². The van der Waals surface area contributed by atoms with E-state index in [0.717, 1.165) is 21.4 Å². The molecular formula is C74H92Cl2SiZr. The van der Waals surface area contributed by atoms with E-state index in [1.165, 1.54) is 176 Å². The Labute approximate surface area is 495 Å². The van der Waals surface area contributed by atoms with Crippen LogP contribution in [-0.4, -0.2) is 9.52 Å². The number of hydrogen-bond donors (Lipinski definition) is 0. The first-order valence-electron chi connectivity index (χ1n) is 29.5. The van der Waals surface area contributed by atoms with Gasteiger partial charge < -0.3 is 0 Å². The van der Waals surface area contributed by atoms with Crippen molar-refractivity contribution < 1.29 is 20.8 Å². The molecule has 0 heterocycles. The van der Waals surface area contributed by atoms with Crippen LogP contribution in [0.3, 0.4) is 0 Å². The van der Waals surface area contributed by atoms with Crippen molar-refractivity contribution in [3.63, 3.8) is 0 Å². The van der Waals surface area contributed by atoms with Crippen LogP contribution < -0.4 is 0 Å². The molecule has 8 aromatic carbocycles. The van der Waals surface area contributed by atoms with Gasteiger partial charge in [-0.3, -0.25) is 0 Å². The Morgan fingerprint density at radius 1 is 0.385 bits per heavy atom. The van der Waals surface area contributed by atoms with Gasteiger partial charge in [-0.15, -0.1) is 44.8 Å². The van der Waals surface area contributed by atoms with Gasteiger partial charge in [0.05, 0.1) is 0 Å². The summed E-state index contributed by atoms with van der Waals surface area (Å²) in [5.41, 5.74) is 20.0. The molecule has 410 valence electrons. The second-order valence-corrected chi connectivity index (χ2v) is 31.7. The molecule has 2 saturated carbocycles. The summed E-state index contributed by atoms with van der Waals surface area (Å²) in [6.07, 6.45) is 16.5. The first-order valence-corrected chi connectivity index (χ1v) is 37.8. The summed E-state index contributed by atoms with van der Waals surface area (Å²) in [7, 11) is 11.0. The van der Waals surface area contributed by atoms with Gasteiger partial charge >= 0.3 is 37.9 Å². The Kier molecular flexibility index (Phi) is 21.7. The summed E-state index contributed by atoms with van der Waals surface area (Å²) in [5, 5.41) is 5.62. The molecule has 0 aliphatic heterocycles. The van der Waals surface area contributed by atoms with Gasteiger partial charge in [-0.2, -0.15) is 12.1 Å². The van der Waals surface area contributed by atoms with Gasteiger partial charge in [0.2, 0.25) is 0 Å². The van der Waals surface area contributed by atoms with Crippen molar-refractivity contribution in [2.45, 2.75) is 195 Å². The SMILES string of the molecule is CC(C)(C)c1ccc(-c2ccc(-c3ccc(C(C)(C)C)cc3)c3[cH-]c(CC4CCCCC4)cc23)cc1.CC(C)(C)c1ccc(-c2ccc(-c3ccc(C(C)(C)C)cc3)c3[cH-]c(CC4CCCCC4)cc23)cc1.C[Si]C.[Cl][Zr+2][Cl]. The fourth-order valence-corrected chi connectivity index (χ4v) is 12.0. The number of rotatable bonds is 8. The Morgan fingerprint density at radius 3 is 0.859 bits per heavy atom. The fraction of sp³-hybridized carbons (Fsp3) is 0.432. The van der Waals surface area contributed by atoms with E-state index in [-0.39, 0.29) is 21.7 Å². The monoisotopic (exact) mass is 1170 g/mol. The van der Waals surface area contributed by atoms with Crippen molar-refractivity contribution in [2.24, 2.45) is 11.8 Å². The molecule has 8 aromatic rings. The molecule has 0 bridgehead atoms. The van der Waals surface area contributed by atoms with Gasteiger partial charge in [0, 0.05) is 9.52 Å². The summed E-state index contributed by atoms with van der Waals surface area (Å²) in [6.45, 7) is 31.7. The van der Waals surface area contributed by atoms with Crippen molar-refractivity contribution in [3.8, 4) is 44.5 Å². The molecule has 2 aliphatic carbocycles. The van der Waals surface area contributed by atoms with Crippen LogP contribution >= 0.6 is 17.0 Å². The Balaban J connectivity index is 0.000000206. The zero-order chi connectivity index (χ0) is 56.4. The molecule has 0 amide bonds. The third-order valence-electron chi connectivity index (χ3n) is 16.6. The van der Waals surface area contributed by atoms with Crippen LogP contribution in [0.1, 0.15) is 181 Å². The molecule has 2 fully saturated rings. The molecule has 4 heteroatoms. The maximum atomic E-state index is 4.93. The van der Waals surface area contributed by atoms with Crippen LogP contribution in [0.5, 0.6) is 0 Å². The van der Waals surface area contributed by atoms with Crippen LogP contribution in [0.4, 0.5) is 0 Å². The van der Waals surface area contributed by atoms with Crippen molar-refractivity contribution in [3.05, 3.63) is 179 Å². The summed E-state index contributed by atoms with van der Waals surface area (Å²) in [6, 6.07) is 56.5. The Hall–Kier alpha value is -3.78. The number of hydrogen-bond acceptors (Lipinski definition) is 0. The Bertz CT molecular complexity index is 2700. The number of fused-ring (bicyclic) bond motifs is 2. The predicted molar refractivity (Wildman–Crippen MR) is 345 cm³/mol. The molecule has 0 N–H and O–H groups in total. The second-order valence-electron chi connectivity index (χ2n) is 27.0. The average molecular weight is 1170 g/mol. The van der Waals surface area contributed by atoms with E-state index in [1.54, 1.807) is 0 Å². The zero-order valence-electron chi connectivity index (χ0n) is 50.3. The molecule has 0 unspecified atom stereocenters. The third kappa shape index (κ3) is 16.2. The van der Waals surface area contributed by atoms with Crippen molar-refractivity contribution in [2.75, 3.05) is 0 Å². The first kappa shape index (κ1) is 61.8. The molecule has 10 rings (SSSR count). The normalized spacial score (nSPS) is 14.7. The summed E-state index contributed by atoms with van der Waals surface area (Å²) >= 11 is -0.826. The molecule has 0 nitrogen and oxygen atoms in total. The zero-order valence-corrected chi connectivity index (χ0v) is 55.2. The molecule has 2 radical (unpaired) electrons. The summed E-state index contributed by atoms with van der Waals surface area (Å²) < 4.78 is 0. The van der Waals surface area contributed by atoms with Crippen LogP contribution in [0.15, 0.2) is 146 Å². The van der Waals surface area contributed by atoms with E-state index in [1.807, 2.05) is 0 Å². The van der Waals surface area contributed by atoms with E-state index in [9.17, 15) is 0 Å². The molecule has 0 saturated heterocycles. The molecular weight excluding hydrogens is 1080 g/mol. The van der Waals surface area contributed by atoms with E-state index in [2.05, 4.69) is 242 Å². The van der Waals surface area contributed by atoms with E-state index < -0.39 is 20.8 Å².